The largest absolute Gasteiger partial charge is 0.456 e. The van der Waals surface area contributed by atoms with Gasteiger partial charge in [-0.2, -0.15) is 0 Å². The van der Waals surface area contributed by atoms with Gasteiger partial charge in [-0.1, -0.05) is 12.1 Å². The molecule has 0 fully saturated rings. The van der Waals surface area contributed by atoms with E-state index < -0.39 is 11.8 Å². The molecule has 1 aromatic carbocycles. The Labute approximate surface area is 110 Å². The van der Waals surface area contributed by atoms with Crippen molar-refractivity contribution >= 4 is 17.5 Å². The Kier molecular flexibility index (Phi) is 3.37. The van der Waals surface area contributed by atoms with E-state index >= 15 is 0 Å². The van der Waals surface area contributed by atoms with Gasteiger partial charge in [0.05, 0.1) is 11.3 Å². The summed E-state index contributed by atoms with van der Waals surface area (Å²) in [6.07, 6.45) is 0. The number of aryl methyl sites for hydroxylation is 2. The van der Waals surface area contributed by atoms with Gasteiger partial charge in [0.15, 0.2) is 5.76 Å². The summed E-state index contributed by atoms with van der Waals surface area (Å²) >= 11 is 0. The molecule has 0 unspecified atom stereocenters. The molecule has 2 rings (SSSR count). The van der Waals surface area contributed by atoms with Crippen LogP contribution in [0.3, 0.4) is 0 Å². The van der Waals surface area contributed by atoms with Crippen molar-refractivity contribution in [3.05, 3.63) is 53.0 Å². The first kappa shape index (κ1) is 12.9. The van der Waals surface area contributed by atoms with Gasteiger partial charge in [0, 0.05) is 0 Å². The highest BCUT2D eigenvalue weighted by atomic mass is 16.3. The smallest absolute Gasteiger partial charge is 0.291 e. The molecule has 0 aliphatic carbocycles. The maximum absolute atomic E-state index is 12.0. The van der Waals surface area contributed by atoms with E-state index in [1.807, 2.05) is 6.92 Å². The molecular formula is C14H14N2O3. The number of hydrogen-bond donors (Lipinski definition) is 2. The minimum absolute atomic E-state index is 0.203. The second-order valence-corrected chi connectivity index (χ2v) is 4.21. The lowest BCUT2D eigenvalue weighted by Gasteiger charge is -2.07. The number of amides is 2. The topological polar surface area (TPSA) is 85.3 Å². The van der Waals surface area contributed by atoms with Gasteiger partial charge in [-0.05, 0) is 37.6 Å². The van der Waals surface area contributed by atoms with Crippen LogP contribution in [0, 0.1) is 13.8 Å². The van der Waals surface area contributed by atoms with Crippen molar-refractivity contribution in [1.29, 1.82) is 0 Å². The zero-order valence-electron chi connectivity index (χ0n) is 10.7. The summed E-state index contributed by atoms with van der Waals surface area (Å²) in [7, 11) is 0. The number of benzene rings is 1. The van der Waals surface area contributed by atoms with E-state index in [1.54, 1.807) is 37.3 Å². The average Bonchev–Trinajstić information content (AvgIpc) is 2.70. The predicted molar refractivity (Wildman–Crippen MR) is 71.1 cm³/mol. The third kappa shape index (κ3) is 2.65. The Morgan fingerprint density at radius 2 is 1.89 bits per heavy atom. The maximum Gasteiger partial charge on any atom is 0.291 e. The second-order valence-electron chi connectivity index (χ2n) is 4.21. The van der Waals surface area contributed by atoms with Gasteiger partial charge in [0.1, 0.15) is 5.76 Å². The number of furan rings is 1. The second kappa shape index (κ2) is 4.97. The van der Waals surface area contributed by atoms with E-state index in [4.69, 9.17) is 10.2 Å². The molecule has 5 nitrogen and oxygen atoms in total. The van der Waals surface area contributed by atoms with Gasteiger partial charge in [-0.15, -0.1) is 0 Å². The van der Waals surface area contributed by atoms with Crippen LogP contribution in [0.25, 0.3) is 0 Å². The van der Waals surface area contributed by atoms with E-state index in [9.17, 15) is 9.59 Å². The highest BCUT2D eigenvalue weighted by molar-refractivity contribution is 6.07. The van der Waals surface area contributed by atoms with Crippen LogP contribution in [0.5, 0.6) is 0 Å². The zero-order valence-corrected chi connectivity index (χ0v) is 10.7. The normalized spacial score (nSPS) is 10.2. The van der Waals surface area contributed by atoms with Crippen LogP contribution < -0.4 is 11.1 Å². The molecular weight excluding hydrogens is 244 g/mol. The number of nitrogens with one attached hydrogen (secondary N) is 1. The number of rotatable bonds is 3. The van der Waals surface area contributed by atoms with Crippen LogP contribution in [-0.4, -0.2) is 11.8 Å². The Bertz CT molecular complexity index is 624. The van der Waals surface area contributed by atoms with E-state index in [2.05, 4.69) is 5.32 Å². The molecule has 2 amide bonds. The number of primary amides is 1. The van der Waals surface area contributed by atoms with Gasteiger partial charge < -0.3 is 15.5 Å². The Morgan fingerprint density at radius 1 is 1.21 bits per heavy atom. The first-order valence-electron chi connectivity index (χ1n) is 5.76. The van der Waals surface area contributed by atoms with Crippen molar-refractivity contribution in [2.75, 3.05) is 5.32 Å². The molecule has 0 atom stereocenters. The van der Waals surface area contributed by atoms with Gasteiger partial charge >= 0.3 is 0 Å². The Morgan fingerprint density at radius 3 is 2.47 bits per heavy atom. The van der Waals surface area contributed by atoms with Crippen LogP contribution in [0.2, 0.25) is 0 Å². The van der Waals surface area contributed by atoms with E-state index in [0.717, 1.165) is 5.56 Å². The quantitative estimate of drug-likeness (QED) is 0.885. The lowest BCUT2D eigenvalue weighted by Crippen LogP contribution is -2.17. The summed E-state index contributed by atoms with van der Waals surface area (Å²) in [5.74, 6) is -0.116. The molecule has 2 aromatic rings. The first-order valence-corrected chi connectivity index (χ1v) is 5.76. The first-order chi connectivity index (χ1) is 8.99. The summed E-state index contributed by atoms with van der Waals surface area (Å²) in [6, 6.07) is 8.20. The van der Waals surface area contributed by atoms with Crippen LogP contribution >= 0.6 is 0 Å². The zero-order chi connectivity index (χ0) is 14.0. The molecule has 0 bridgehead atoms. The fourth-order valence-corrected chi connectivity index (χ4v) is 1.68. The molecule has 0 spiro atoms. The summed E-state index contributed by atoms with van der Waals surface area (Å²) in [5, 5.41) is 2.62. The highest BCUT2D eigenvalue weighted by Gasteiger charge is 2.15. The van der Waals surface area contributed by atoms with E-state index in [-0.39, 0.29) is 11.3 Å². The number of anilines is 1. The number of carbonyl (C=O) groups is 2. The SMILES string of the molecule is Cc1cc(C(=O)Nc2ccccc2C(N)=O)oc1C. The molecule has 0 radical (unpaired) electrons. The molecule has 5 heteroatoms. The number of hydrogen-bond acceptors (Lipinski definition) is 3. The van der Waals surface area contributed by atoms with Crippen molar-refractivity contribution < 1.29 is 14.0 Å². The average molecular weight is 258 g/mol. The van der Waals surface area contributed by atoms with Crippen molar-refractivity contribution in [3.8, 4) is 0 Å². The molecule has 1 heterocycles. The number of para-hydroxylation sites is 1. The Hall–Kier alpha value is -2.56. The molecule has 98 valence electrons. The summed E-state index contributed by atoms with van der Waals surface area (Å²) in [5.41, 5.74) is 6.77. The molecule has 3 N–H and O–H groups in total. The molecule has 0 saturated carbocycles. The van der Waals surface area contributed by atoms with Crippen LogP contribution in [0.1, 0.15) is 32.2 Å². The van der Waals surface area contributed by atoms with Gasteiger partial charge in [0.25, 0.3) is 11.8 Å². The third-order valence-electron chi connectivity index (χ3n) is 2.83. The van der Waals surface area contributed by atoms with Gasteiger partial charge in [0.2, 0.25) is 0 Å². The van der Waals surface area contributed by atoms with Gasteiger partial charge in [-0.25, -0.2) is 0 Å². The van der Waals surface area contributed by atoms with Crippen LogP contribution in [0.4, 0.5) is 5.69 Å². The van der Waals surface area contributed by atoms with E-state index in [0.29, 0.717) is 11.4 Å². The Balaban J connectivity index is 2.26. The third-order valence-corrected chi connectivity index (χ3v) is 2.83. The van der Waals surface area contributed by atoms with Crippen molar-refractivity contribution in [2.24, 2.45) is 5.73 Å². The van der Waals surface area contributed by atoms with E-state index in [1.165, 1.54) is 0 Å². The number of carbonyl (C=O) groups excluding carboxylic acids is 2. The number of nitrogens with two attached hydrogens (primary N) is 1. The summed E-state index contributed by atoms with van der Waals surface area (Å²) in [4.78, 5) is 23.2. The monoisotopic (exact) mass is 258 g/mol. The molecule has 1 aromatic heterocycles. The minimum atomic E-state index is -0.595. The maximum atomic E-state index is 12.0. The molecule has 19 heavy (non-hydrogen) atoms. The predicted octanol–water partition coefficient (Wildman–Crippen LogP) is 2.25. The fraction of sp³-hybridized carbons (Fsp3) is 0.143. The van der Waals surface area contributed by atoms with Crippen LogP contribution in [-0.2, 0) is 0 Å². The van der Waals surface area contributed by atoms with Crippen LogP contribution in [0.15, 0.2) is 34.7 Å². The fourth-order valence-electron chi connectivity index (χ4n) is 1.68. The lowest BCUT2D eigenvalue weighted by atomic mass is 10.1. The standard InChI is InChI=1S/C14H14N2O3/c1-8-7-12(19-9(8)2)14(18)16-11-6-4-3-5-10(11)13(15)17/h3-7H,1-2H3,(H2,15,17)(H,16,18). The molecule has 0 aliphatic rings. The minimum Gasteiger partial charge on any atom is -0.456 e. The lowest BCUT2D eigenvalue weighted by molar-refractivity contribution is 0.0995. The highest BCUT2D eigenvalue weighted by Crippen LogP contribution is 2.18. The van der Waals surface area contributed by atoms with Gasteiger partial charge in [-0.3, -0.25) is 9.59 Å². The van der Waals surface area contributed by atoms with Crippen molar-refractivity contribution in [3.63, 3.8) is 0 Å². The molecule has 0 saturated heterocycles. The molecule has 0 aliphatic heterocycles. The van der Waals surface area contributed by atoms with Crippen molar-refractivity contribution in [1.82, 2.24) is 0 Å². The van der Waals surface area contributed by atoms with Crippen molar-refractivity contribution in [2.45, 2.75) is 13.8 Å². The summed E-state index contributed by atoms with van der Waals surface area (Å²) in [6.45, 7) is 3.64. The summed E-state index contributed by atoms with van der Waals surface area (Å²) < 4.78 is 5.32.